The maximum atomic E-state index is 13.9. The van der Waals surface area contributed by atoms with E-state index >= 15 is 0 Å². The fraction of sp³-hybridized carbons (Fsp3) is 0.600. The lowest BCUT2D eigenvalue weighted by Crippen LogP contribution is -2.37. The summed E-state index contributed by atoms with van der Waals surface area (Å²) in [5, 5.41) is 12.7. The van der Waals surface area contributed by atoms with Crippen molar-refractivity contribution in [2.75, 3.05) is 25.0 Å². The zero-order chi connectivity index (χ0) is 13.8. The van der Waals surface area contributed by atoms with Gasteiger partial charge in [0.05, 0.1) is 6.10 Å². The molecule has 4 heteroatoms. The van der Waals surface area contributed by atoms with Crippen molar-refractivity contribution in [3.63, 3.8) is 0 Å². The number of benzene rings is 1. The summed E-state index contributed by atoms with van der Waals surface area (Å²) in [6.07, 6.45) is 1.69. The van der Waals surface area contributed by atoms with Crippen LogP contribution in [0.3, 0.4) is 0 Å². The molecule has 0 saturated carbocycles. The Morgan fingerprint density at radius 3 is 2.68 bits per heavy atom. The van der Waals surface area contributed by atoms with E-state index in [0.29, 0.717) is 12.5 Å². The molecule has 1 saturated heterocycles. The van der Waals surface area contributed by atoms with Crippen LogP contribution < -0.4 is 10.2 Å². The number of anilines is 1. The summed E-state index contributed by atoms with van der Waals surface area (Å²) in [6.45, 7) is 4.17. The highest BCUT2D eigenvalue weighted by molar-refractivity contribution is 5.54. The molecule has 1 fully saturated rings. The van der Waals surface area contributed by atoms with Gasteiger partial charge in [-0.3, -0.25) is 0 Å². The topological polar surface area (TPSA) is 35.5 Å². The fourth-order valence-electron chi connectivity index (χ4n) is 2.82. The summed E-state index contributed by atoms with van der Waals surface area (Å²) < 4.78 is 13.9. The molecular weight excluding hydrogens is 243 g/mol. The van der Waals surface area contributed by atoms with Crippen LogP contribution in [0, 0.1) is 11.7 Å². The van der Waals surface area contributed by atoms with Crippen LogP contribution in [0.5, 0.6) is 0 Å². The van der Waals surface area contributed by atoms with Crippen LogP contribution in [-0.4, -0.2) is 31.3 Å². The molecule has 1 heterocycles. The molecule has 0 aromatic heterocycles. The van der Waals surface area contributed by atoms with Gasteiger partial charge in [0.2, 0.25) is 0 Å². The van der Waals surface area contributed by atoms with Crippen molar-refractivity contribution in [2.45, 2.75) is 32.4 Å². The van der Waals surface area contributed by atoms with Crippen molar-refractivity contribution in [3.8, 4) is 0 Å². The van der Waals surface area contributed by atoms with E-state index in [1.54, 1.807) is 6.07 Å². The molecule has 1 atom stereocenters. The molecule has 1 aliphatic rings. The number of aliphatic hydroxyl groups excluding tert-OH is 1. The minimum Gasteiger partial charge on any atom is -0.393 e. The minimum atomic E-state index is -0.244. The monoisotopic (exact) mass is 266 g/mol. The lowest BCUT2D eigenvalue weighted by atomic mass is 9.91. The summed E-state index contributed by atoms with van der Waals surface area (Å²) in [4.78, 5) is 2.23. The Kier molecular flexibility index (Phi) is 4.77. The first-order valence-corrected chi connectivity index (χ1v) is 6.98. The first-order chi connectivity index (χ1) is 9.13. The highest BCUT2D eigenvalue weighted by Crippen LogP contribution is 2.29. The van der Waals surface area contributed by atoms with Crippen LogP contribution in [0.1, 0.15) is 25.3 Å². The Balaban J connectivity index is 2.13. The minimum absolute atomic E-state index is 0.149. The maximum Gasteiger partial charge on any atom is 0.129 e. The van der Waals surface area contributed by atoms with Gasteiger partial charge >= 0.3 is 0 Å². The predicted molar refractivity (Wildman–Crippen MR) is 75.8 cm³/mol. The standard InChI is InChI=1S/C15H23FN2O/c1-11(19)12-6-8-18(9-7-12)15-5-3-4-14(16)13(15)10-17-2/h3-5,11-12,17,19H,6-10H2,1-2H3. The zero-order valence-electron chi connectivity index (χ0n) is 11.7. The fourth-order valence-corrected chi connectivity index (χ4v) is 2.82. The van der Waals surface area contributed by atoms with Crippen LogP contribution in [-0.2, 0) is 6.54 Å². The number of nitrogens with one attached hydrogen (secondary N) is 1. The molecule has 1 aromatic rings. The maximum absolute atomic E-state index is 13.9. The van der Waals surface area contributed by atoms with Crippen LogP contribution >= 0.6 is 0 Å². The van der Waals surface area contributed by atoms with Crippen molar-refractivity contribution in [1.82, 2.24) is 5.32 Å². The van der Waals surface area contributed by atoms with Crippen molar-refractivity contribution >= 4 is 5.69 Å². The van der Waals surface area contributed by atoms with E-state index in [2.05, 4.69) is 10.2 Å². The van der Waals surface area contributed by atoms with Gasteiger partial charge in [-0.2, -0.15) is 0 Å². The highest BCUT2D eigenvalue weighted by Gasteiger charge is 2.24. The van der Waals surface area contributed by atoms with Crippen LogP contribution in [0.15, 0.2) is 18.2 Å². The lowest BCUT2D eigenvalue weighted by molar-refractivity contribution is 0.110. The highest BCUT2D eigenvalue weighted by atomic mass is 19.1. The molecule has 19 heavy (non-hydrogen) atoms. The van der Waals surface area contributed by atoms with Gasteiger partial charge in [0.15, 0.2) is 0 Å². The third-order valence-corrected chi connectivity index (χ3v) is 4.01. The van der Waals surface area contributed by atoms with Gasteiger partial charge < -0.3 is 15.3 Å². The summed E-state index contributed by atoms with van der Waals surface area (Å²) >= 11 is 0. The van der Waals surface area contributed by atoms with Crippen molar-refractivity contribution in [1.29, 1.82) is 0 Å². The number of rotatable bonds is 4. The Hall–Kier alpha value is -1.13. The molecule has 2 N–H and O–H groups in total. The second kappa shape index (κ2) is 6.35. The molecule has 0 bridgehead atoms. The molecule has 1 unspecified atom stereocenters. The van der Waals surface area contributed by atoms with E-state index in [4.69, 9.17) is 0 Å². The Bertz CT molecular complexity index is 415. The Labute approximate surface area is 114 Å². The number of hydrogen-bond donors (Lipinski definition) is 2. The summed E-state index contributed by atoms with van der Waals surface area (Å²) in [7, 11) is 1.83. The molecule has 1 aromatic carbocycles. The third-order valence-electron chi connectivity index (χ3n) is 4.01. The molecule has 2 rings (SSSR count). The number of halogens is 1. The number of piperidine rings is 1. The average molecular weight is 266 g/mol. The van der Waals surface area contributed by atoms with Crippen LogP contribution in [0.25, 0.3) is 0 Å². The second-order valence-corrected chi connectivity index (χ2v) is 5.33. The van der Waals surface area contributed by atoms with Gasteiger partial charge in [-0.1, -0.05) is 6.07 Å². The number of nitrogens with zero attached hydrogens (tertiary/aromatic N) is 1. The number of hydrogen-bond acceptors (Lipinski definition) is 3. The van der Waals surface area contributed by atoms with Gasteiger partial charge in [0, 0.05) is 30.9 Å². The van der Waals surface area contributed by atoms with Gasteiger partial charge in [0.25, 0.3) is 0 Å². The van der Waals surface area contributed by atoms with E-state index < -0.39 is 0 Å². The molecule has 0 spiro atoms. The first-order valence-electron chi connectivity index (χ1n) is 6.98. The van der Waals surface area contributed by atoms with E-state index in [0.717, 1.165) is 37.2 Å². The third kappa shape index (κ3) is 3.25. The quantitative estimate of drug-likeness (QED) is 0.876. The van der Waals surface area contributed by atoms with Gasteiger partial charge in [-0.05, 0) is 44.9 Å². The summed E-state index contributed by atoms with van der Waals surface area (Å²) in [5.41, 5.74) is 1.72. The Morgan fingerprint density at radius 1 is 1.42 bits per heavy atom. The lowest BCUT2D eigenvalue weighted by Gasteiger charge is -2.36. The smallest absolute Gasteiger partial charge is 0.129 e. The number of aliphatic hydroxyl groups is 1. The van der Waals surface area contributed by atoms with Crippen molar-refractivity contribution in [3.05, 3.63) is 29.6 Å². The second-order valence-electron chi connectivity index (χ2n) is 5.33. The molecule has 0 amide bonds. The SMILES string of the molecule is CNCc1c(F)cccc1N1CCC(C(C)O)CC1. The van der Waals surface area contributed by atoms with Crippen LogP contribution in [0.2, 0.25) is 0 Å². The summed E-state index contributed by atoms with van der Waals surface area (Å²) in [5.74, 6) is 0.224. The molecular formula is C15H23FN2O. The predicted octanol–water partition coefficient (Wildman–Crippen LogP) is 2.14. The molecule has 0 radical (unpaired) electrons. The molecule has 1 aliphatic heterocycles. The molecule has 0 aliphatic carbocycles. The molecule has 106 valence electrons. The van der Waals surface area contributed by atoms with E-state index in [1.807, 2.05) is 20.0 Å². The zero-order valence-corrected chi connectivity index (χ0v) is 11.7. The average Bonchev–Trinajstić information content (AvgIpc) is 2.41. The normalized spacial score (nSPS) is 18.6. The van der Waals surface area contributed by atoms with E-state index in [1.165, 1.54) is 6.07 Å². The van der Waals surface area contributed by atoms with E-state index in [9.17, 15) is 9.50 Å². The van der Waals surface area contributed by atoms with E-state index in [-0.39, 0.29) is 11.9 Å². The van der Waals surface area contributed by atoms with Gasteiger partial charge in [-0.15, -0.1) is 0 Å². The van der Waals surface area contributed by atoms with Gasteiger partial charge in [-0.25, -0.2) is 4.39 Å². The van der Waals surface area contributed by atoms with Gasteiger partial charge in [0.1, 0.15) is 5.82 Å². The first kappa shape index (κ1) is 14.3. The van der Waals surface area contributed by atoms with Crippen LogP contribution in [0.4, 0.5) is 10.1 Å². The molecule has 3 nitrogen and oxygen atoms in total. The van der Waals surface area contributed by atoms with Crippen molar-refractivity contribution in [2.24, 2.45) is 5.92 Å². The largest absolute Gasteiger partial charge is 0.393 e. The van der Waals surface area contributed by atoms with Crippen molar-refractivity contribution < 1.29 is 9.50 Å². The summed E-state index contributed by atoms with van der Waals surface area (Å²) in [6, 6.07) is 5.27. The Morgan fingerprint density at radius 2 is 2.11 bits per heavy atom.